The van der Waals surface area contributed by atoms with Gasteiger partial charge in [0.25, 0.3) is 11.8 Å². The van der Waals surface area contributed by atoms with E-state index in [9.17, 15) is 9.59 Å². The van der Waals surface area contributed by atoms with Crippen LogP contribution in [0.2, 0.25) is 0 Å². The summed E-state index contributed by atoms with van der Waals surface area (Å²) in [5.41, 5.74) is 4.06. The maximum absolute atomic E-state index is 13.6. The zero-order chi connectivity index (χ0) is 25.2. The first-order valence-electron chi connectivity index (χ1n) is 12.2. The van der Waals surface area contributed by atoms with E-state index in [1.54, 1.807) is 11.3 Å². The third-order valence-electron chi connectivity index (χ3n) is 6.76. The van der Waals surface area contributed by atoms with E-state index in [2.05, 4.69) is 31.4 Å². The molecule has 6 heteroatoms. The topological polar surface area (TPSA) is 67.4 Å². The van der Waals surface area contributed by atoms with Crippen LogP contribution in [0.5, 0.6) is 5.75 Å². The van der Waals surface area contributed by atoms with E-state index in [4.69, 9.17) is 4.74 Å². The predicted molar refractivity (Wildman–Crippen MR) is 144 cm³/mol. The number of fused-ring (bicyclic) bond motifs is 1. The van der Waals surface area contributed by atoms with Crippen molar-refractivity contribution in [3.63, 3.8) is 0 Å². The minimum Gasteiger partial charge on any atom is -0.494 e. The van der Waals surface area contributed by atoms with Crippen LogP contribution < -0.4 is 15.4 Å². The molecule has 1 aromatic heterocycles. The number of hydrogen-bond donors (Lipinski definition) is 2. The SMILES string of the molecule is CCOc1ccc(NC(=O)c2c(NC(=O)c3ccccc3C)sc3c2CCC(C(C)(C)C)C3)cc1. The number of carbonyl (C=O) groups is 2. The minimum atomic E-state index is -0.194. The Morgan fingerprint density at radius 3 is 2.40 bits per heavy atom. The Morgan fingerprint density at radius 2 is 1.74 bits per heavy atom. The molecule has 0 aliphatic heterocycles. The monoisotopic (exact) mass is 490 g/mol. The zero-order valence-electron chi connectivity index (χ0n) is 21.2. The average Bonchev–Trinajstić information content (AvgIpc) is 3.17. The van der Waals surface area contributed by atoms with Crippen molar-refractivity contribution in [1.82, 2.24) is 0 Å². The summed E-state index contributed by atoms with van der Waals surface area (Å²) < 4.78 is 5.51. The number of ether oxygens (including phenoxy) is 1. The first kappa shape index (κ1) is 25.0. The molecule has 1 unspecified atom stereocenters. The molecule has 0 spiro atoms. The molecule has 2 amide bonds. The lowest BCUT2D eigenvalue weighted by molar-refractivity contribution is 0.102. The number of aryl methyl sites for hydroxylation is 1. The summed E-state index contributed by atoms with van der Waals surface area (Å²) in [5.74, 6) is 0.915. The van der Waals surface area contributed by atoms with Gasteiger partial charge in [0.2, 0.25) is 0 Å². The molecule has 1 heterocycles. The molecule has 0 radical (unpaired) electrons. The van der Waals surface area contributed by atoms with Crippen molar-refractivity contribution in [2.75, 3.05) is 17.2 Å². The highest BCUT2D eigenvalue weighted by Crippen LogP contribution is 2.44. The van der Waals surface area contributed by atoms with Crippen molar-refractivity contribution in [1.29, 1.82) is 0 Å². The van der Waals surface area contributed by atoms with Crippen LogP contribution in [0.15, 0.2) is 48.5 Å². The molecule has 2 aromatic carbocycles. The number of thiophene rings is 1. The first-order chi connectivity index (χ1) is 16.7. The lowest BCUT2D eigenvalue weighted by Crippen LogP contribution is -2.27. The number of rotatable bonds is 6. The Balaban J connectivity index is 1.66. The molecule has 2 N–H and O–H groups in total. The van der Waals surface area contributed by atoms with Gasteiger partial charge in [0.05, 0.1) is 12.2 Å². The van der Waals surface area contributed by atoms with Crippen LogP contribution in [0.4, 0.5) is 10.7 Å². The third kappa shape index (κ3) is 5.59. The lowest BCUT2D eigenvalue weighted by Gasteiger charge is -2.33. The van der Waals surface area contributed by atoms with Crippen LogP contribution in [-0.4, -0.2) is 18.4 Å². The molecule has 3 aromatic rings. The van der Waals surface area contributed by atoms with E-state index in [0.29, 0.717) is 34.3 Å². The molecule has 1 atom stereocenters. The Bertz CT molecular complexity index is 1220. The van der Waals surface area contributed by atoms with E-state index >= 15 is 0 Å². The fourth-order valence-corrected chi connectivity index (χ4v) is 5.97. The summed E-state index contributed by atoms with van der Waals surface area (Å²) in [4.78, 5) is 27.9. The van der Waals surface area contributed by atoms with E-state index in [0.717, 1.165) is 36.1 Å². The number of anilines is 2. The highest BCUT2D eigenvalue weighted by atomic mass is 32.1. The maximum Gasteiger partial charge on any atom is 0.258 e. The smallest absolute Gasteiger partial charge is 0.258 e. The number of amides is 2. The van der Waals surface area contributed by atoms with Gasteiger partial charge in [0, 0.05) is 16.1 Å². The number of nitrogens with one attached hydrogen (secondary N) is 2. The van der Waals surface area contributed by atoms with Gasteiger partial charge in [0.15, 0.2) is 0 Å². The molecule has 35 heavy (non-hydrogen) atoms. The van der Waals surface area contributed by atoms with Gasteiger partial charge in [-0.05, 0) is 85.9 Å². The molecular formula is C29H34N2O3S. The van der Waals surface area contributed by atoms with Gasteiger partial charge in [0.1, 0.15) is 10.8 Å². The summed E-state index contributed by atoms with van der Waals surface area (Å²) in [6.07, 6.45) is 2.79. The minimum absolute atomic E-state index is 0.191. The van der Waals surface area contributed by atoms with Crippen molar-refractivity contribution in [2.24, 2.45) is 11.3 Å². The molecular weight excluding hydrogens is 456 g/mol. The molecule has 0 bridgehead atoms. The van der Waals surface area contributed by atoms with E-state index in [1.165, 1.54) is 4.88 Å². The van der Waals surface area contributed by atoms with Gasteiger partial charge in [-0.25, -0.2) is 0 Å². The molecule has 5 nitrogen and oxygen atoms in total. The van der Waals surface area contributed by atoms with Crippen molar-refractivity contribution >= 4 is 33.8 Å². The van der Waals surface area contributed by atoms with Crippen LogP contribution in [0.25, 0.3) is 0 Å². The van der Waals surface area contributed by atoms with Gasteiger partial charge in [-0.2, -0.15) is 0 Å². The predicted octanol–water partition coefficient (Wildman–Crippen LogP) is 7.11. The second-order valence-electron chi connectivity index (χ2n) is 10.2. The molecule has 1 aliphatic carbocycles. The molecule has 184 valence electrons. The average molecular weight is 491 g/mol. The Morgan fingerprint density at radius 1 is 1.03 bits per heavy atom. The number of carbonyl (C=O) groups excluding carboxylic acids is 2. The normalized spacial score (nSPS) is 15.3. The molecule has 0 saturated carbocycles. The summed E-state index contributed by atoms with van der Waals surface area (Å²) in [5, 5.41) is 6.73. The summed E-state index contributed by atoms with van der Waals surface area (Å²) in [6, 6.07) is 14.9. The van der Waals surface area contributed by atoms with Crippen LogP contribution in [-0.2, 0) is 12.8 Å². The Kier molecular flexibility index (Phi) is 7.31. The first-order valence-corrected chi connectivity index (χ1v) is 13.0. The summed E-state index contributed by atoms with van der Waals surface area (Å²) in [7, 11) is 0. The van der Waals surface area contributed by atoms with Crippen LogP contribution in [0, 0.1) is 18.3 Å². The zero-order valence-corrected chi connectivity index (χ0v) is 22.0. The molecule has 4 rings (SSSR count). The van der Waals surface area contributed by atoms with Crippen LogP contribution in [0.3, 0.4) is 0 Å². The Labute approximate surface area is 211 Å². The van der Waals surface area contributed by atoms with E-state index < -0.39 is 0 Å². The van der Waals surface area contributed by atoms with Crippen molar-refractivity contribution in [3.05, 3.63) is 75.7 Å². The second-order valence-corrected chi connectivity index (χ2v) is 11.3. The summed E-state index contributed by atoms with van der Waals surface area (Å²) >= 11 is 1.55. The van der Waals surface area contributed by atoms with E-state index in [1.807, 2.05) is 62.4 Å². The second kappa shape index (κ2) is 10.2. The number of benzene rings is 2. The fourth-order valence-electron chi connectivity index (χ4n) is 4.65. The highest BCUT2D eigenvalue weighted by molar-refractivity contribution is 7.17. The molecule has 0 saturated heterocycles. The largest absolute Gasteiger partial charge is 0.494 e. The fraction of sp³-hybridized carbons (Fsp3) is 0.379. The lowest BCUT2D eigenvalue weighted by atomic mass is 9.72. The van der Waals surface area contributed by atoms with Gasteiger partial charge in [-0.3, -0.25) is 9.59 Å². The standard InChI is InChI=1S/C29H34N2O3S/c1-6-34-21-14-12-20(13-15-21)30-27(33)25-23-16-11-19(29(3,4)5)17-24(23)35-28(25)31-26(32)22-10-8-7-9-18(22)2/h7-10,12-15,19H,6,11,16-17H2,1-5H3,(H,30,33)(H,31,32). The molecule has 1 aliphatic rings. The van der Waals surface area contributed by atoms with Gasteiger partial charge in [-0.1, -0.05) is 39.0 Å². The van der Waals surface area contributed by atoms with E-state index in [-0.39, 0.29) is 17.2 Å². The van der Waals surface area contributed by atoms with Gasteiger partial charge >= 0.3 is 0 Å². The van der Waals surface area contributed by atoms with Crippen LogP contribution >= 0.6 is 11.3 Å². The van der Waals surface area contributed by atoms with Gasteiger partial charge < -0.3 is 15.4 Å². The highest BCUT2D eigenvalue weighted by Gasteiger charge is 2.34. The quantitative estimate of drug-likeness (QED) is 0.387. The Hall–Kier alpha value is -3.12. The van der Waals surface area contributed by atoms with Gasteiger partial charge in [-0.15, -0.1) is 11.3 Å². The summed E-state index contributed by atoms with van der Waals surface area (Å²) in [6.45, 7) is 11.3. The molecule has 0 fully saturated rings. The van der Waals surface area contributed by atoms with Crippen molar-refractivity contribution in [3.8, 4) is 5.75 Å². The van der Waals surface area contributed by atoms with Crippen molar-refractivity contribution in [2.45, 2.75) is 53.9 Å². The third-order valence-corrected chi connectivity index (χ3v) is 7.93. The van der Waals surface area contributed by atoms with Crippen LogP contribution in [0.1, 0.15) is 70.8 Å². The number of hydrogen-bond acceptors (Lipinski definition) is 4. The maximum atomic E-state index is 13.6. The van der Waals surface area contributed by atoms with Crippen molar-refractivity contribution < 1.29 is 14.3 Å².